The Hall–Kier alpha value is -3.93. The largest absolute Gasteiger partial charge is 0.494 e. The number of hydrogen-bond acceptors (Lipinski definition) is 12. The van der Waals surface area contributed by atoms with Crippen LogP contribution in [0.3, 0.4) is 0 Å². The van der Waals surface area contributed by atoms with E-state index in [0.717, 1.165) is 6.26 Å². The van der Waals surface area contributed by atoms with Crippen molar-refractivity contribution in [3.05, 3.63) is 42.1 Å². The van der Waals surface area contributed by atoms with Crippen molar-refractivity contribution in [3.63, 3.8) is 0 Å². The first kappa shape index (κ1) is 44.8. The fourth-order valence-corrected chi connectivity index (χ4v) is 7.52. The third kappa shape index (κ3) is 12.3. The molecular weight excluding hydrogens is 757 g/mol. The molecule has 3 heterocycles. The van der Waals surface area contributed by atoms with Gasteiger partial charge >= 0.3 is 12.2 Å². The van der Waals surface area contributed by atoms with Gasteiger partial charge in [-0.2, -0.15) is 18.0 Å². The molecule has 17 heteroatoms. The SMILES string of the molecule is CCOc1ccc(N(C(=O)OC(C)(C)C)c2c(C[C@@H](CO[Si](C)(C)C(C)(C)C)OS(C)(=O)=O)c(NC3CCCN(C(=O)OC(C)(C)C)C3)nc3ccnn23)cc1. The van der Waals surface area contributed by atoms with Crippen molar-refractivity contribution in [2.45, 2.75) is 130 Å². The summed E-state index contributed by atoms with van der Waals surface area (Å²) in [5.74, 6) is 1.23. The third-order valence-electron chi connectivity index (χ3n) is 9.39. The lowest BCUT2D eigenvalue weighted by atomic mass is 10.0. The van der Waals surface area contributed by atoms with Gasteiger partial charge in [0.15, 0.2) is 19.8 Å². The maximum atomic E-state index is 14.5. The lowest BCUT2D eigenvalue weighted by molar-refractivity contribution is 0.0206. The molecule has 2 aromatic heterocycles. The van der Waals surface area contributed by atoms with Gasteiger partial charge in [-0.3, -0.25) is 4.18 Å². The topological polar surface area (TPSA) is 163 Å². The minimum atomic E-state index is -3.99. The maximum absolute atomic E-state index is 14.5. The molecule has 1 aromatic carbocycles. The standard InChI is InChI=1S/C39H62N6O9SSi/c1-14-50-29-19-17-28(18-20-29)44(36(47)53-38(5,6)7)34-31(24-30(54-55(11,48)49)26-51-56(12,13)39(8,9)10)33(42-32-21-22-40-45(32)34)41-27-16-15-23-43(25-27)35(46)52-37(2,3)4/h17-22,27,30H,14-16,23-26H2,1-13H3,(H,41,42)/t27?,30-/m0/s1. The lowest BCUT2D eigenvalue weighted by Crippen LogP contribution is -2.47. The van der Waals surface area contributed by atoms with E-state index in [2.05, 4.69) is 44.3 Å². The molecule has 1 aliphatic rings. The second-order valence-electron chi connectivity index (χ2n) is 17.7. The summed E-state index contributed by atoms with van der Waals surface area (Å²) in [4.78, 5) is 35.7. The van der Waals surface area contributed by atoms with E-state index >= 15 is 0 Å². The van der Waals surface area contributed by atoms with Gasteiger partial charge in [0.2, 0.25) is 0 Å². The Balaban J connectivity index is 1.95. The van der Waals surface area contributed by atoms with E-state index in [0.29, 0.717) is 61.0 Å². The summed E-state index contributed by atoms with van der Waals surface area (Å²) in [5.41, 5.74) is -0.290. The number of carbonyl (C=O) groups is 2. The molecule has 1 saturated heterocycles. The number of anilines is 3. The van der Waals surface area contributed by atoms with Crippen LogP contribution in [0.4, 0.5) is 26.9 Å². The monoisotopic (exact) mass is 818 g/mol. The first-order chi connectivity index (χ1) is 25.8. The van der Waals surface area contributed by atoms with Gasteiger partial charge in [0, 0.05) is 37.2 Å². The van der Waals surface area contributed by atoms with Crippen molar-refractivity contribution in [2.75, 3.05) is 42.8 Å². The third-order valence-corrected chi connectivity index (χ3v) is 14.5. The molecule has 3 aromatic rings. The number of fused-ring (bicyclic) bond motifs is 1. The first-order valence-electron chi connectivity index (χ1n) is 19.2. The predicted molar refractivity (Wildman–Crippen MR) is 220 cm³/mol. The molecular formula is C39H62N6O9SSi. The minimum Gasteiger partial charge on any atom is -0.494 e. The summed E-state index contributed by atoms with van der Waals surface area (Å²) in [5, 5.41) is 8.01. The number of nitrogens with zero attached hydrogens (tertiary/aromatic N) is 5. The van der Waals surface area contributed by atoms with Gasteiger partial charge in [-0.25, -0.2) is 19.5 Å². The van der Waals surface area contributed by atoms with Gasteiger partial charge in [-0.15, -0.1) is 0 Å². The number of likely N-dealkylation sites (tertiary alicyclic amines) is 1. The van der Waals surface area contributed by atoms with E-state index in [1.165, 1.54) is 9.42 Å². The quantitative estimate of drug-likeness (QED) is 0.131. The van der Waals surface area contributed by atoms with Crippen molar-refractivity contribution in [1.29, 1.82) is 0 Å². The average Bonchev–Trinajstić information content (AvgIpc) is 3.51. The Morgan fingerprint density at radius 1 is 1.00 bits per heavy atom. The molecule has 0 bridgehead atoms. The van der Waals surface area contributed by atoms with Gasteiger partial charge in [-0.1, -0.05) is 20.8 Å². The van der Waals surface area contributed by atoms with Crippen LogP contribution in [0.2, 0.25) is 18.1 Å². The van der Waals surface area contributed by atoms with Crippen LogP contribution < -0.4 is 15.0 Å². The highest BCUT2D eigenvalue weighted by atomic mass is 32.2. The molecule has 1 N–H and O–H groups in total. The Morgan fingerprint density at radius 3 is 2.21 bits per heavy atom. The second-order valence-corrected chi connectivity index (χ2v) is 24.1. The van der Waals surface area contributed by atoms with E-state index in [4.69, 9.17) is 27.8 Å². The van der Waals surface area contributed by atoms with E-state index < -0.39 is 47.9 Å². The number of aromatic nitrogens is 3. The van der Waals surface area contributed by atoms with E-state index in [1.54, 1.807) is 62.2 Å². The fraction of sp³-hybridized carbons (Fsp3) is 0.641. The summed E-state index contributed by atoms with van der Waals surface area (Å²) in [6.45, 7) is 24.4. The molecule has 1 fully saturated rings. The zero-order chi connectivity index (χ0) is 41.9. The van der Waals surface area contributed by atoms with Gasteiger partial charge < -0.3 is 28.9 Å². The van der Waals surface area contributed by atoms with Crippen LogP contribution >= 0.6 is 0 Å². The van der Waals surface area contributed by atoms with Crippen molar-refractivity contribution >= 4 is 53.6 Å². The molecule has 0 radical (unpaired) electrons. The normalized spacial score (nSPS) is 16.4. The summed E-state index contributed by atoms with van der Waals surface area (Å²) in [6.07, 6.45) is 1.75. The van der Waals surface area contributed by atoms with Crippen molar-refractivity contribution in [3.8, 4) is 5.75 Å². The minimum absolute atomic E-state index is 0.0507. The smallest absolute Gasteiger partial charge is 0.420 e. The Bertz CT molecular complexity index is 1930. The van der Waals surface area contributed by atoms with E-state index in [9.17, 15) is 18.0 Å². The van der Waals surface area contributed by atoms with Crippen LogP contribution in [0.1, 0.15) is 87.6 Å². The number of nitrogens with one attached hydrogen (secondary N) is 1. The molecule has 2 atom stereocenters. The number of ether oxygens (including phenoxy) is 3. The molecule has 0 saturated carbocycles. The number of benzene rings is 1. The highest BCUT2D eigenvalue weighted by Gasteiger charge is 2.39. The van der Waals surface area contributed by atoms with E-state index in [-0.39, 0.29) is 29.9 Å². The predicted octanol–water partition coefficient (Wildman–Crippen LogP) is 7.92. The van der Waals surface area contributed by atoms with Crippen LogP contribution in [0.5, 0.6) is 5.75 Å². The number of hydrogen-bond donors (Lipinski definition) is 1. The average molecular weight is 819 g/mol. The molecule has 4 rings (SSSR count). The van der Waals surface area contributed by atoms with Gasteiger partial charge in [0.05, 0.1) is 31.4 Å². The van der Waals surface area contributed by atoms with Crippen LogP contribution in [-0.2, 0) is 34.6 Å². The summed E-state index contributed by atoms with van der Waals surface area (Å²) < 4.78 is 57.0. The Labute approximate surface area is 333 Å². The Kier molecular flexibility index (Phi) is 13.8. The van der Waals surface area contributed by atoms with Crippen LogP contribution in [0.25, 0.3) is 5.65 Å². The van der Waals surface area contributed by atoms with Crippen molar-refractivity contribution < 1.29 is 40.8 Å². The molecule has 312 valence electrons. The van der Waals surface area contributed by atoms with Crippen molar-refractivity contribution in [1.82, 2.24) is 19.5 Å². The van der Waals surface area contributed by atoms with Gasteiger partial charge in [-0.05, 0) is 104 Å². The van der Waals surface area contributed by atoms with Gasteiger partial charge in [0.25, 0.3) is 10.1 Å². The second kappa shape index (κ2) is 17.3. The zero-order valence-corrected chi connectivity index (χ0v) is 37.2. The summed E-state index contributed by atoms with van der Waals surface area (Å²) in [6, 6.07) is 8.43. The molecule has 15 nitrogen and oxygen atoms in total. The molecule has 0 aliphatic carbocycles. The number of rotatable bonds is 13. The van der Waals surface area contributed by atoms with Crippen LogP contribution in [0.15, 0.2) is 36.5 Å². The first-order valence-corrected chi connectivity index (χ1v) is 23.9. The van der Waals surface area contributed by atoms with Gasteiger partial charge in [0.1, 0.15) is 28.9 Å². The van der Waals surface area contributed by atoms with Crippen molar-refractivity contribution in [2.24, 2.45) is 0 Å². The highest BCUT2D eigenvalue weighted by molar-refractivity contribution is 7.86. The number of amides is 2. The fourth-order valence-electron chi connectivity index (χ4n) is 5.87. The maximum Gasteiger partial charge on any atom is 0.420 e. The molecule has 0 spiro atoms. The Morgan fingerprint density at radius 2 is 1.64 bits per heavy atom. The van der Waals surface area contributed by atoms with Crippen LogP contribution in [0, 0.1) is 0 Å². The zero-order valence-electron chi connectivity index (χ0n) is 35.4. The molecule has 1 aliphatic heterocycles. The highest BCUT2D eigenvalue weighted by Crippen LogP contribution is 2.39. The van der Waals surface area contributed by atoms with E-state index in [1.807, 2.05) is 27.7 Å². The molecule has 56 heavy (non-hydrogen) atoms. The van der Waals surface area contributed by atoms with Crippen LogP contribution in [-0.4, -0.2) is 104 Å². The molecule has 2 amide bonds. The summed E-state index contributed by atoms with van der Waals surface area (Å²) >= 11 is 0. The summed E-state index contributed by atoms with van der Waals surface area (Å²) in [7, 11) is -6.38. The number of carbonyl (C=O) groups excluding carboxylic acids is 2. The molecule has 1 unspecified atom stereocenters. The lowest BCUT2D eigenvalue weighted by Gasteiger charge is -2.37. The number of piperidine rings is 1.